The lowest BCUT2D eigenvalue weighted by Gasteiger charge is -2.15. The molecular formula is C16H22O. The van der Waals surface area contributed by atoms with Crippen molar-refractivity contribution in [3.05, 3.63) is 28.8 Å². The van der Waals surface area contributed by atoms with Crippen molar-refractivity contribution in [2.75, 3.05) is 6.61 Å². The van der Waals surface area contributed by atoms with Crippen molar-refractivity contribution in [1.29, 1.82) is 0 Å². The van der Waals surface area contributed by atoms with Crippen molar-refractivity contribution in [1.82, 2.24) is 0 Å². The lowest BCUT2D eigenvalue weighted by Crippen LogP contribution is -2.04. The van der Waals surface area contributed by atoms with Crippen LogP contribution < -0.4 is 4.74 Å². The Morgan fingerprint density at radius 2 is 2.00 bits per heavy atom. The minimum atomic E-state index is 0.375. The van der Waals surface area contributed by atoms with Gasteiger partial charge in [-0.25, -0.2) is 0 Å². The second kappa shape index (κ2) is 6.35. The quantitative estimate of drug-likeness (QED) is 0.713. The maximum absolute atomic E-state index is 5.75. The van der Waals surface area contributed by atoms with Gasteiger partial charge in [-0.05, 0) is 45.2 Å². The smallest absolute Gasteiger partial charge is 0.125 e. The summed E-state index contributed by atoms with van der Waals surface area (Å²) in [4.78, 5) is 0. The van der Waals surface area contributed by atoms with Crippen molar-refractivity contribution in [3.63, 3.8) is 0 Å². The van der Waals surface area contributed by atoms with Gasteiger partial charge in [0.25, 0.3) is 0 Å². The fourth-order valence-electron chi connectivity index (χ4n) is 2.17. The fourth-order valence-corrected chi connectivity index (χ4v) is 2.17. The SMILES string of the molecule is CC#CC(C)Cc1cc(C)cc(C)c1OCC. The summed E-state index contributed by atoms with van der Waals surface area (Å²) in [6, 6.07) is 4.39. The predicted octanol–water partition coefficient (Wildman–Crippen LogP) is 3.90. The number of hydrogen-bond acceptors (Lipinski definition) is 1. The predicted molar refractivity (Wildman–Crippen MR) is 73.4 cm³/mol. The summed E-state index contributed by atoms with van der Waals surface area (Å²) in [7, 11) is 0. The van der Waals surface area contributed by atoms with E-state index in [1.165, 1.54) is 16.7 Å². The van der Waals surface area contributed by atoms with Gasteiger partial charge < -0.3 is 4.74 Å². The first-order chi connectivity index (χ1) is 8.08. The summed E-state index contributed by atoms with van der Waals surface area (Å²) < 4.78 is 5.75. The molecule has 1 rings (SSSR count). The average molecular weight is 230 g/mol. The third-order valence-electron chi connectivity index (χ3n) is 2.70. The van der Waals surface area contributed by atoms with Gasteiger partial charge >= 0.3 is 0 Å². The Hall–Kier alpha value is -1.42. The maximum Gasteiger partial charge on any atom is 0.125 e. The molecule has 0 saturated carbocycles. The van der Waals surface area contributed by atoms with Gasteiger partial charge in [-0.3, -0.25) is 0 Å². The normalized spacial score (nSPS) is 11.6. The van der Waals surface area contributed by atoms with E-state index < -0.39 is 0 Å². The highest BCUT2D eigenvalue weighted by molar-refractivity contribution is 5.44. The summed E-state index contributed by atoms with van der Waals surface area (Å²) in [6.45, 7) is 11.0. The van der Waals surface area contributed by atoms with E-state index in [4.69, 9.17) is 4.74 Å². The molecule has 0 fully saturated rings. The monoisotopic (exact) mass is 230 g/mol. The van der Waals surface area contributed by atoms with Gasteiger partial charge in [0.1, 0.15) is 5.75 Å². The van der Waals surface area contributed by atoms with Gasteiger partial charge in [-0.1, -0.05) is 24.6 Å². The summed E-state index contributed by atoms with van der Waals surface area (Å²) in [5.41, 5.74) is 3.79. The van der Waals surface area contributed by atoms with Crippen LogP contribution in [0.5, 0.6) is 5.75 Å². The molecule has 0 aromatic heterocycles. The van der Waals surface area contributed by atoms with Crippen LogP contribution in [0.2, 0.25) is 0 Å². The van der Waals surface area contributed by atoms with Gasteiger partial charge in [0, 0.05) is 5.92 Å². The van der Waals surface area contributed by atoms with E-state index in [1.54, 1.807) is 0 Å². The third kappa shape index (κ3) is 3.82. The second-order valence-electron chi connectivity index (χ2n) is 4.50. The molecule has 1 atom stereocenters. The standard InChI is InChI=1S/C16H22O/c1-6-8-12(3)10-15-11-13(4)9-14(5)16(15)17-7-2/h9,11-12H,7,10H2,1-5H3. The van der Waals surface area contributed by atoms with Crippen LogP contribution >= 0.6 is 0 Å². The molecule has 17 heavy (non-hydrogen) atoms. The van der Waals surface area contributed by atoms with Crippen LogP contribution in [0.4, 0.5) is 0 Å². The first kappa shape index (κ1) is 13.6. The lowest BCUT2D eigenvalue weighted by atomic mass is 9.97. The van der Waals surface area contributed by atoms with Crippen molar-refractivity contribution in [2.24, 2.45) is 5.92 Å². The molecule has 1 heteroatoms. The summed E-state index contributed by atoms with van der Waals surface area (Å²) in [6.07, 6.45) is 0.957. The Bertz CT molecular complexity index is 435. The minimum Gasteiger partial charge on any atom is -0.493 e. The zero-order valence-electron chi connectivity index (χ0n) is 11.6. The van der Waals surface area contributed by atoms with Crippen LogP contribution in [0.3, 0.4) is 0 Å². The Balaban J connectivity index is 3.05. The number of rotatable bonds is 4. The van der Waals surface area contributed by atoms with Gasteiger partial charge in [0.2, 0.25) is 0 Å². The van der Waals surface area contributed by atoms with E-state index in [-0.39, 0.29) is 0 Å². The van der Waals surface area contributed by atoms with Crippen LogP contribution in [0.25, 0.3) is 0 Å². The van der Waals surface area contributed by atoms with Gasteiger partial charge in [0.15, 0.2) is 0 Å². The average Bonchev–Trinajstić information content (AvgIpc) is 2.23. The van der Waals surface area contributed by atoms with Crippen LogP contribution in [-0.4, -0.2) is 6.61 Å². The summed E-state index contributed by atoms with van der Waals surface area (Å²) >= 11 is 0. The first-order valence-corrected chi connectivity index (χ1v) is 6.23. The van der Waals surface area contributed by atoms with Crippen molar-refractivity contribution in [2.45, 2.75) is 41.0 Å². The molecule has 92 valence electrons. The zero-order chi connectivity index (χ0) is 12.8. The third-order valence-corrected chi connectivity index (χ3v) is 2.70. The number of aryl methyl sites for hydroxylation is 2. The molecule has 1 aromatic carbocycles. The van der Waals surface area contributed by atoms with E-state index in [2.05, 4.69) is 44.7 Å². The highest BCUT2D eigenvalue weighted by Gasteiger charge is 2.10. The Labute approximate surface area is 105 Å². The molecule has 1 aromatic rings. The van der Waals surface area contributed by atoms with E-state index in [0.29, 0.717) is 12.5 Å². The molecule has 0 spiro atoms. The highest BCUT2D eigenvalue weighted by Crippen LogP contribution is 2.27. The molecule has 0 heterocycles. The molecule has 0 aliphatic carbocycles. The molecule has 0 radical (unpaired) electrons. The lowest BCUT2D eigenvalue weighted by molar-refractivity contribution is 0.333. The largest absolute Gasteiger partial charge is 0.493 e. The van der Waals surface area contributed by atoms with E-state index in [9.17, 15) is 0 Å². The summed E-state index contributed by atoms with van der Waals surface area (Å²) in [5.74, 6) is 7.59. The molecule has 1 nitrogen and oxygen atoms in total. The highest BCUT2D eigenvalue weighted by atomic mass is 16.5. The molecule has 0 saturated heterocycles. The zero-order valence-corrected chi connectivity index (χ0v) is 11.6. The van der Waals surface area contributed by atoms with Crippen LogP contribution in [0.15, 0.2) is 12.1 Å². The Morgan fingerprint density at radius 3 is 2.59 bits per heavy atom. The minimum absolute atomic E-state index is 0.375. The van der Waals surface area contributed by atoms with Crippen molar-refractivity contribution >= 4 is 0 Å². The molecule has 0 aliphatic rings. The maximum atomic E-state index is 5.75. The number of ether oxygens (including phenoxy) is 1. The second-order valence-corrected chi connectivity index (χ2v) is 4.50. The van der Waals surface area contributed by atoms with E-state index in [1.807, 2.05) is 13.8 Å². The Kier molecular flexibility index (Phi) is 5.10. The Morgan fingerprint density at radius 1 is 1.29 bits per heavy atom. The topological polar surface area (TPSA) is 9.23 Å². The molecule has 0 bridgehead atoms. The van der Waals surface area contributed by atoms with E-state index >= 15 is 0 Å². The fraction of sp³-hybridized carbons (Fsp3) is 0.500. The molecular weight excluding hydrogens is 208 g/mol. The van der Waals surface area contributed by atoms with Crippen LogP contribution in [0.1, 0.15) is 37.5 Å². The van der Waals surface area contributed by atoms with Gasteiger partial charge in [-0.15, -0.1) is 11.8 Å². The molecule has 0 N–H and O–H groups in total. The van der Waals surface area contributed by atoms with Gasteiger partial charge in [0.05, 0.1) is 6.61 Å². The van der Waals surface area contributed by atoms with Crippen LogP contribution in [0, 0.1) is 31.6 Å². The van der Waals surface area contributed by atoms with Crippen molar-refractivity contribution in [3.8, 4) is 17.6 Å². The summed E-state index contributed by atoms with van der Waals surface area (Å²) in [5, 5.41) is 0. The molecule has 1 unspecified atom stereocenters. The number of benzene rings is 1. The number of hydrogen-bond donors (Lipinski definition) is 0. The van der Waals surface area contributed by atoms with Crippen LogP contribution in [-0.2, 0) is 6.42 Å². The molecule has 0 aliphatic heterocycles. The van der Waals surface area contributed by atoms with E-state index in [0.717, 1.165) is 12.2 Å². The molecule has 0 amide bonds. The van der Waals surface area contributed by atoms with Crippen molar-refractivity contribution < 1.29 is 4.74 Å². The first-order valence-electron chi connectivity index (χ1n) is 6.23. The van der Waals surface area contributed by atoms with Gasteiger partial charge in [-0.2, -0.15) is 0 Å².